The third kappa shape index (κ3) is 2.43. The lowest BCUT2D eigenvalue weighted by Crippen LogP contribution is -2.09. The highest BCUT2D eigenvalue weighted by molar-refractivity contribution is 6.68. The molecule has 0 radical (unpaired) electrons. The van der Waals surface area contributed by atoms with E-state index >= 15 is 0 Å². The van der Waals surface area contributed by atoms with Crippen LogP contribution in [0.2, 0.25) is 0 Å². The molecule has 1 aromatic carbocycles. The predicted octanol–water partition coefficient (Wildman–Crippen LogP) is 2.83. The van der Waals surface area contributed by atoms with Crippen LogP contribution in [-0.4, -0.2) is 16.0 Å². The van der Waals surface area contributed by atoms with E-state index in [9.17, 15) is 14.0 Å². The molecule has 0 fully saturated rings. The number of hydrogen-bond donors (Lipinski definition) is 0. The van der Waals surface area contributed by atoms with Crippen LogP contribution in [0.25, 0.3) is 0 Å². The van der Waals surface area contributed by atoms with Crippen LogP contribution < -0.4 is 0 Å². The van der Waals surface area contributed by atoms with Crippen LogP contribution in [0.4, 0.5) is 4.39 Å². The second-order valence-electron chi connectivity index (χ2n) is 3.51. The normalized spacial score (nSPS) is 10.1. The van der Waals surface area contributed by atoms with E-state index in [2.05, 4.69) is 4.98 Å². The molecule has 0 atom stereocenters. The number of halogens is 2. The average Bonchev–Trinajstić information content (AvgIpc) is 2.39. The second kappa shape index (κ2) is 5.06. The van der Waals surface area contributed by atoms with Crippen molar-refractivity contribution in [3.8, 4) is 0 Å². The van der Waals surface area contributed by atoms with Gasteiger partial charge in [-0.1, -0.05) is 0 Å². The Labute approximate surface area is 107 Å². The summed E-state index contributed by atoms with van der Waals surface area (Å²) in [5.74, 6) is -0.863. The zero-order chi connectivity index (χ0) is 13.1. The molecular formula is C13H7ClFNO2. The highest BCUT2D eigenvalue weighted by atomic mass is 35.5. The summed E-state index contributed by atoms with van der Waals surface area (Å²) in [7, 11) is 0. The molecule has 0 N–H and O–H groups in total. The summed E-state index contributed by atoms with van der Waals surface area (Å²) in [6.07, 6.45) is 1.37. The summed E-state index contributed by atoms with van der Waals surface area (Å²) in [5, 5.41) is -0.805. The Morgan fingerprint density at radius 2 is 1.78 bits per heavy atom. The molecule has 0 aliphatic rings. The first-order chi connectivity index (χ1) is 8.59. The van der Waals surface area contributed by atoms with E-state index in [-0.39, 0.29) is 16.8 Å². The molecular weight excluding hydrogens is 257 g/mol. The van der Waals surface area contributed by atoms with E-state index in [1.807, 2.05) is 0 Å². The molecule has 5 heteroatoms. The van der Waals surface area contributed by atoms with Crippen molar-refractivity contribution >= 4 is 22.6 Å². The molecule has 0 saturated heterocycles. The molecule has 90 valence electrons. The number of benzene rings is 1. The lowest BCUT2D eigenvalue weighted by molar-refractivity contribution is 0.102. The van der Waals surface area contributed by atoms with Crippen LogP contribution >= 0.6 is 11.6 Å². The fourth-order valence-electron chi connectivity index (χ4n) is 1.50. The lowest BCUT2D eigenvalue weighted by atomic mass is 10.0. The van der Waals surface area contributed by atoms with Gasteiger partial charge >= 0.3 is 0 Å². The number of hydrogen-bond acceptors (Lipinski definition) is 3. The zero-order valence-corrected chi connectivity index (χ0v) is 9.82. The third-order valence-corrected chi connectivity index (χ3v) is 2.52. The van der Waals surface area contributed by atoms with Gasteiger partial charge in [0, 0.05) is 11.8 Å². The highest BCUT2D eigenvalue weighted by Crippen LogP contribution is 2.15. The summed E-state index contributed by atoms with van der Waals surface area (Å²) < 4.78 is 12.8. The van der Waals surface area contributed by atoms with Gasteiger partial charge in [-0.05, 0) is 48.0 Å². The summed E-state index contributed by atoms with van der Waals surface area (Å²) in [5.41, 5.74) is 0.265. The highest BCUT2D eigenvalue weighted by Gasteiger charge is 2.17. The number of rotatable bonds is 3. The van der Waals surface area contributed by atoms with Gasteiger partial charge in [0.1, 0.15) is 11.5 Å². The number of nitrogens with zero attached hydrogens (tertiary/aromatic N) is 1. The number of carbonyl (C=O) groups excluding carboxylic acids is 2. The summed E-state index contributed by atoms with van der Waals surface area (Å²) in [4.78, 5) is 27.0. The second-order valence-corrected chi connectivity index (χ2v) is 3.85. The summed E-state index contributed by atoms with van der Waals surface area (Å²) >= 11 is 5.35. The van der Waals surface area contributed by atoms with Crippen LogP contribution in [0.3, 0.4) is 0 Å². The van der Waals surface area contributed by atoms with Crippen LogP contribution in [0, 0.1) is 5.82 Å². The molecule has 0 saturated carbocycles. The van der Waals surface area contributed by atoms with Crippen molar-refractivity contribution in [1.82, 2.24) is 4.98 Å². The molecule has 1 aromatic heterocycles. The van der Waals surface area contributed by atoms with E-state index in [4.69, 9.17) is 11.6 Å². The molecule has 0 aliphatic heterocycles. The Kier molecular flexibility index (Phi) is 3.48. The van der Waals surface area contributed by atoms with Crippen LogP contribution in [0.15, 0.2) is 42.6 Å². The van der Waals surface area contributed by atoms with E-state index < -0.39 is 16.8 Å². The van der Waals surface area contributed by atoms with Gasteiger partial charge in [0.25, 0.3) is 5.24 Å². The van der Waals surface area contributed by atoms with E-state index in [0.717, 1.165) is 0 Å². The first kappa shape index (κ1) is 12.4. The maximum Gasteiger partial charge on any atom is 0.271 e. The molecule has 18 heavy (non-hydrogen) atoms. The van der Waals surface area contributed by atoms with Crippen molar-refractivity contribution in [2.75, 3.05) is 0 Å². The van der Waals surface area contributed by atoms with Crippen molar-refractivity contribution in [3.05, 3.63) is 65.2 Å². The maximum atomic E-state index is 12.8. The molecule has 0 unspecified atom stereocenters. The molecule has 0 spiro atoms. The number of carbonyl (C=O) groups is 2. The van der Waals surface area contributed by atoms with Gasteiger partial charge in [-0.15, -0.1) is 0 Å². The molecule has 0 aliphatic carbocycles. The Bertz CT molecular complexity index is 611. The fourth-order valence-corrected chi connectivity index (χ4v) is 1.65. The zero-order valence-electron chi connectivity index (χ0n) is 9.06. The number of pyridine rings is 1. The van der Waals surface area contributed by atoms with Gasteiger partial charge in [0.15, 0.2) is 5.78 Å². The van der Waals surface area contributed by atoms with Crippen molar-refractivity contribution < 1.29 is 14.0 Å². The SMILES string of the molecule is O=C(c1ccc(F)cc1)c1cccnc1C(=O)Cl. The quantitative estimate of drug-likeness (QED) is 0.632. The number of aromatic nitrogens is 1. The average molecular weight is 264 g/mol. The monoisotopic (exact) mass is 263 g/mol. The van der Waals surface area contributed by atoms with Crippen molar-refractivity contribution in [2.24, 2.45) is 0 Å². The standard InChI is InChI=1S/C13H7ClFNO2/c14-13(18)11-10(2-1-7-16-11)12(17)8-3-5-9(15)6-4-8/h1-7H. The largest absolute Gasteiger partial charge is 0.289 e. The van der Waals surface area contributed by atoms with Crippen molar-refractivity contribution in [1.29, 1.82) is 0 Å². The smallest absolute Gasteiger partial charge is 0.271 e. The first-order valence-corrected chi connectivity index (χ1v) is 5.42. The van der Waals surface area contributed by atoms with Crippen LogP contribution in [-0.2, 0) is 0 Å². The molecule has 2 rings (SSSR count). The van der Waals surface area contributed by atoms with E-state index in [1.54, 1.807) is 0 Å². The summed E-state index contributed by atoms with van der Waals surface area (Å²) in [6, 6.07) is 8.01. The minimum Gasteiger partial charge on any atom is -0.289 e. The number of ketones is 1. The van der Waals surface area contributed by atoms with Gasteiger partial charge in [0.2, 0.25) is 0 Å². The van der Waals surface area contributed by atoms with Crippen LogP contribution in [0.5, 0.6) is 0 Å². The maximum absolute atomic E-state index is 12.8. The van der Waals surface area contributed by atoms with Gasteiger partial charge in [-0.2, -0.15) is 0 Å². The van der Waals surface area contributed by atoms with Crippen molar-refractivity contribution in [3.63, 3.8) is 0 Å². The summed E-state index contributed by atoms with van der Waals surface area (Å²) in [6.45, 7) is 0. The van der Waals surface area contributed by atoms with E-state index in [0.29, 0.717) is 0 Å². The predicted molar refractivity (Wildman–Crippen MR) is 64.3 cm³/mol. The Morgan fingerprint density at radius 1 is 1.11 bits per heavy atom. The van der Waals surface area contributed by atoms with Crippen molar-refractivity contribution in [2.45, 2.75) is 0 Å². The Hall–Kier alpha value is -2.07. The Balaban J connectivity index is 2.46. The fraction of sp³-hybridized carbons (Fsp3) is 0. The topological polar surface area (TPSA) is 47.0 Å². The Morgan fingerprint density at radius 3 is 2.39 bits per heavy atom. The molecule has 0 amide bonds. The minimum atomic E-state index is -0.805. The van der Waals surface area contributed by atoms with Crippen LogP contribution in [0.1, 0.15) is 26.4 Å². The lowest BCUT2D eigenvalue weighted by Gasteiger charge is -2.04. The third-order valence-electron chi connectivity index (χ3n) is 2.34. The molecule has 0 bridgehead atoms. The van der Waals surface area contributed by atoms with Gasteiger partial charge in [-0.3, -0.25) is 14.6 Å². The van der Waals surface area contributed by atoms with E-state index in [1.165, 1.54) is 42.6 Å². The van der Waals surface area contributed by atoms with Gasteiger partial charge in [0.05, 0.1) is 5.56 Å². The first-order valence-electron chi connectivity index (χ1n) is 5.04. The molecule has 2 aromatic rings. The van der Waals surface area contributed by atoms with Gasteiger partial charge in [-0.25, -0.2) is 4.39 Å². The molecule has 1 heterocycles. The van der Waals surface area contributed by atoms with Gasteiger partial charge < -0.3 is 0 Å². The molecule has 3 nitrogen and oxygen atoms in total. The minimum absolute atomic E-state index is 0.101.